The van der Waals surface area contributed by atoms with Crippen LogP contribution in [-0.2, 0) is 6.42 Å². The van der Waals surface area contributed by atoms with Crippen molar-refractivity contribution in [3.8, 4) is 0 Å². The Bertz CT molecular complexity index is 989. The van der Waals surface area contributed by atoms with Gasteiger partial charge in [0.15, 0.2) is 11.3 Å². The van der Waals surface area contributed by atoms with Gasteiger partial charge in [-0.1, -0.05) is 36.4 Å². The van der Waals surface area contributed by atoms with Gasteiger partial charge in [0.2, 0.25) is 0 Å². The third-order valence-electron chi connectivity index (χ3n) is 3.64. The molecule has 0 aliphatic heterocycles. The van der Waals surface area contributed by atoms with Crippen molar-refractivity contribution >= 4 is 22.6 Å². The summed E-state index contributed by atoms with van der Waals surface area (Å²) in [7, 11) is 0. The highest BCUT2D eigenvalue weighted by atomic mass is 16.6. The van der Waals surface area contributed by atoms with E-state index in [0.29, 0.717) is 23.1 Å². The van der Waals surface area contributed by atoms with Crippen LogP contribution in [0.1, 0.15) is 21.9 Å². The molecule has 0 aliphatic carbocycles. The van der Waals surface area contributed by atoms with E-state index in [1.54, 1.807) is 30.3 Å². The van der Waals surface area contributed by atoms with E-state index in [2.05, 4.69) is 20.3 Å². The molecule has 118 valence electrons. The fraction of sp³-hybridized carbons (Fsp3) is 0.0556. The maximum Gasteiger partial charge on any atom is 0.291 e. The van der Waals surface area contributed by atoms with Crippen LogP contribution in [-0.4, -0.2) is 16.2 Å². The summed E-state index contributed by atoms with van der Waals surface area (Å²) >= 11 is 0. The first-order valence-electron chi connectivity index (χ1n) is 7.45. The quantitative estimate of drug-likeness (QED) is 0.621. The number of fused-ring (bicyclic) bond motifs is 1. The number of benzene rings is 2. The first kappa shape index (κ1) is 14.2. The van der Waals surface area contributed by atoms with Crippen molar-refractivity contribution in [2.45, 2.75) is 6.42 Å². The van der Waals surface area contributed by atoms with Gasteiger partial charge in [-0.15, -0.1) is 0 Å². The van der Waals surface area contributed by atoms with Gasteiger partial charge in [-0.25, -0.2) is 4.63 Å². The molecule has 4 rings (SSSR count). The standard InChI is InChI=1S/C18H13N3O3/c22-18(19-14-7-4-8-15-17(14)21-24-20-15)16-10-9-13(23-16)11-12-5-2-1-3-6-12/h1-10H,11H2,(H,19,22). The van der Waals surface area contributed by atoms with Crippen LogP contribution in [0.5, 0.6) is 0 Å². The molecule has 2 aromatic heterocycles. The zero-order valence-corrected chi connectivity index (χ0v) is 12.6. The minimum Gasteiger partial charge on any atom is -0.456 e. The molecular weight excluding hydrogens is 306 g/mol. The Balaban J connectivity index is 1.52. The molecule has 0 atom stereocenters. The molecule has 4 aromatic rings. The minimum atomic E-state index is -0.343. The van der Waals surface area contributed by atoms with Crippen molar-refractivity contribution in [1.82, 2.24) is 10.3 Å². The van der Waals surface area contributed by atoms with Crippen molar-refractivity contribution in [2.75, 3.05) is 5.32 Å². The second kappa shape index (κ2) is 6.00. The highest BCUT2D eigenvalue weighted by molar-refractivity contribution is 6.06. The summed E-state index contributed by atoms with van der Waals surface area (Å²) in [5.41, 5.74) is 2.73. The Morgan fingerprint density at radius 2 is 1.83 bits per heavy atom. The zero-order valence-electron chi connectivity index (χ0n) is 12.6. The molecule has 0 spiro atoms. The number of hydrogen-bond donors (Lipinski definition) is 1. The van der Waals surface area contributed by atoms with Gasteiger partial charge in [0.1, 0.15) is 11.3 Å². The minimum absolute atomic E-state index is 0.245. The maximum atomic E-state index is 12.4. The molecule has 24 heavy (non-hydrogen) atoms. The Morgan fingerprint density at radius 3 is 2.71 bits per heavy atom. The molecule has 0 radical (unpaired) electrons. The largest absolute Gasteiger partial charge is 0.456 e. The fourth-order valence-electron chi connectivity index (χ4n) is 2.48. The SMILES string of the molecule is O=C(Nc1cccc2nonc12)c1ccc(Cc2ccccc2)o1. The summed E-state index contributed by atoms with van der Waals surface area (Å²) in [6.07, 6.45) is 0.636. The number of carbonyl (C=O) groups is 1. The van der Waals surface area contributed by atoms with E-state index in [1.807, 2.05) is 30.3 Å². The Hall–Kier alpha value is -3.41. The van der Waals surface area contributed by atoms with Crippen LogP contribution < -0.4 is 5.32 Å². The number of nitrogens with zero attached hydrogens (tertiary/aromatic N) is 2. The fourth-order valence-corrected chi connectivity index (χ4v) is 2.48. The van der Waals surface area contributed by atoms with Gasteiger partial charge in [0, 0.05) is 6.42 Å². The summed E-state index contributed by atoms with van der Waals surface area (Å²) in [6.45, 7) is 0. The lowest BCUT2D eigenvalue weighted by molar-refractivity contribution is 0.0995. The van der Waals surface area contributed by atoms with Gasteiger partial charge < -0.3 is 9.73 Å². The summed E-state index contributed by atoms with van der Waals surface area (Å²) in [5.74, 6) is 0.631. The summed E-state index contributed by atoms with van der Waals surface area (Å²) in [6, 6.07) is 18.7. The lowest BCUT2D eigenvalue weighted by atomic mass is 10.1. The molecular formula is C18H13N3O3. The molecule has 6 nitrogen and oxygen atoms in total. The van der Waals surface area contributed by atoms with Gasteiger partial charge in [-0.3, -0.25) is 4.79 Å². The first-order valence-corrected chi connectivity index (χ1v) is 7.45. The topological polar surface area (TPSA) is 81.2 Å². The second-order valence-corrected chi connectivity index (χ2v) is 5.32. The number of anilines is 1. The van der Waals surface area contributed by atoms with Gasteiger partial charge >= 0.3 is 0 Å². The normalized spacial score (nSPS) is 10.8. The van der Waals surface area contributed by atoms with E-state index in [4.69, 9.17) is 4.42 Å². The van der Waals surface area contributed by atoms with Gasteiger partial charge in [0.25, 0.3) is 5.91 Å². The average Bonchev–Trinajstić information content (AvgIpc) is 3.25. The van der Waals surface area contributed by atoms with Crippen molar-refractivity contribution < 1.29 is 13.8 Å². The highest BCUT2D eigenvalue weighted by Gasteiger charge is 2.14. The van der Waals surface area contributed by atoms with Crippen molar-refractivity contribution in [3.05, 3.63) is 77.7 Å². The van der Waals surface area contributed by atoms with Crippen LogP contribution in [0.25, 0.3) is 11.0 Å². The molecule has 2 heterocycles. The molecule has 0 bridgehead atoms. The molecule has 0 unspecified atom stereocenters. The number of aromatic nitrogens is 2. The van der Waals surface area contributed by atoms with Crippen LogP contribution in [0.15, 0.2) is 69.7 Å². The van der Waals surface area contributed by atoms with Crippen LogP contribution in [0.3, 0.4) is 0 Å². The first-order chi connectivity index (χ1) is 11.8. The predicted octanol–water partition coefficient (Wildman–Crippen LogP) is 3.66. The summed E-state index contributed by atoms with van der Waals surface area (Å²) in [4.78, 5) is 12.4. The number of carbonyl (C=O) groups excluding carboxylic acids is 1. The molecule has 6 heteroatoms. The lowest BCUT2D eigenvalue weighted by Crippen LogP contribution is -2.11. The van der Waals surface area contributed by atoms with E-state index in [9.17, 15) is 4.79 Å². The summed E-state index contributed by atoms with van der Waals surface area (Å²) < 4.78 is 10.3. The second-order valence-electron chi connectivity index (χ2n) is 5.32. The average molecular weight is 319 g/mol. The van der Waals surface area contributed by atoms with Crippen molar-refractivity contribution in [2.24, 2.45) is 0 Å². The van der Waals surface area contributed by atoms with E-state index in [-0.39, 0.29) is 11.7 Å². The predicted molar refractivity (Wildman–Crippen MR) is 87.7 cm³/mol. The Kier molecular flexibility index (Phi) is 3.55. The van der Waals surface area contributed by atoms with Crippen LogP contribution >= 0.6 is 0 Å². The van der Waals surface area contributed by atoms with Crippen molar-refractivity contribution in [1.29, 1.82) is 0 Å². The summed E-state index contributed by atoms with van der Waals surface area (Å²) in [5, 5.41) is 10.3. The highest BCUT2D eigenvalue weighted by Crippen LogP contribution is 2.21. The number of hydrogen-bond acceptors (Lipinski definition) is 5. The Labute approximate surface area is 137 Å². The molecule has 0 aliphatic rings. The van der Waals surface area contributed by atoms with Gasteiger partial charge in [0.05, 0.1) is 5.69 Å². The number of furan rings is 1. The zero-order chi connectivity index (χ0) is 16.4. The molecule has 0 saturated carbocycles. The van der Waals surface area contributed by atoms with E-state index in [1.165, 1.54) is 0 Å². The third kappa shape index (κ3) is 2.77. The van der Waals surface area contributed by atoms with E-state index in [0.717, 1.165) is 11.3 Å². The molecule has 1 N–H and O–H groups in total. The molecule has 1 amide bonds. The van der Waals surface area contributed by atoms with Crippen molar-refractivity contribution in [3.63, 3.8) is 0 Å². The lowest BCUT2D eigenvalue weighted by Gasteiger charge is -2.03. The van der Waals surface area contributed by atoms with Gasteiger partial charge in [-0.2, -0.15) is 0 Å². The number of nitrogens with one attached hydrogen (secondary N) is 1. The number of amides is 1. The van der Waals surface area contributed by atoms with Gasteiger partial charge in [-0.05, 0) is 40.1 Å². The van der Waals surface area contributed by atoms with E-state index < -0.39 is 0 Å². The molecule has 0 fully saturated rings. The molecule has 2 aromatic carbocycles. The van der Waals surface area contributed by atoms with Crippen LogP contribution in [0.4, 0.5) is 5.69 Å². The Morgan fingerprint density at radius 1 is 0.958 bits per heavy atom. The monoisotopic (exact) mass is 319 g/mol. The van der Waals surface area contributed by atoms with E-state index >= 15 is 0 Å². The smallest absolute Gasteiger partial charge is 0.291 e. The van der Waals surface area contributed by atoms with Crippen LogP contribution in [0, 0.1) is 0 Å². The molecule has 0 saturated heterocycles. The maximum absolute atomic E-state index is 12.4. The number of rotatable bonds is 4. The third-order valence-corrected chi connectivity index (χ3v) is 3.64. The van der Waals surface area contributed by atoms with Crippen LogP contribution in [0.2, 0.25) is 0 Å².